The molecule has 0 N–H and O–H groups in total. The lowest BCUT2D eigenvalue weighted by Crippen LogP contribution is -2.30. The van der Waals surface area contributed by atoms with Gasteiger partial charge in [-0.1, -0.05) is 243 Å². The first-order valence-electron chi connectivity index (χ1n) is 34.6. The van der Waals surface area contributed by atoms with E-state index >= 15 is 26.3 Å². The fraction of sp³-hybridized carbons (Fsp3) is 0.0737. The first-order valence-corrected chi connectivity index (χ1v) is 34.6. The van der Waals surface area contributed by atoms with Crippen LogP contribution in [0.5, 0.6) is 0 Å². The monoisotopic (exact) mass is 1350 g/mol. The van der Waals surface area contributed by atoms with Crippen molar-refractivity contribution in [3.8, 4) is 44.5 Å². The Morgan fingerprint density at radius 2 is 0.544 bits per heavy atom. The van der Waals surface area contributed by atoms with E-state index in [-0.39, 0.29) is 0 Å². The van der Waals surface area contributed by atoms with Crippen molar-refractivity contribution in [1.29, 1.82) is 0 Å². The van der Waals surface area contributed by atoms with Gasteiger partial charge in [0.1, 0.15) is 23.0 Å². The van der Waals surface area contributed by atoms with E-state index in [1.54, 1.807) is 0 Å². The third-order valence-corrected chi connectivity index (χ3v) is 22.4. The van der Waals surface area contributed by atoms with Crippen molar-refractivity contribution < 1.29 is 26.3 Å². The standard InChI is InChI=1S/C95H64F6N2/c1-7-59-29-33-61(34-30-59)93(79-49-55(3)25-27-57(79)5)75-21-13-9-17-67(75)71-41-37-63(51-81(71)93)102(91-87(98)47-45-85(96)89(91)100)65-39-43-73-69-19-11-15-23-77(69)95(83(73)53-65)78-24-16-12-20-70(78)74-44-40-66(54-84(74)95)103(92-88(99)48-46-86(97)90(92)101)64-38-42-72-68-18-10-14-22-76(68)94(82(72)52-64,62-35-31-60(8-2)32-36-62)80-50-56(4)26-28-58(80)6/h7-54H,1-2H2,3-6H3. The molecular formula is C95H64F6N2. The van der Waals surface area contributed by atoms with Crippen molar-refractivity contribution in [3.05, 3.63) is 427 Å². The van der Waals surface area contributed by atoms with Crippen molar-refractivity contribution in [2.45, 2.75) is 43.9 Å². The molecule has 8 heteroatoms. The number of fused-ring (bicyclic) bond motifs is 16. The lowest BCUT2D eigenvalue weighted by molar-refractivity contribution is 0.497. The number of rotatable bonds is 12. The lowest BCUT2D eigenvalue weighted by atomic mass is 9.66. The minimum Gasteiger partial charge on any atom is -0.305 e. The Bertz CT molecular complexity index is 5600. The van der Waals surface area contributed by atoms with Gasteiger partial charge in [-0.2, -0.15) is 0 Å². The van der Waals surface area contributed by atoms with E-state index < -0.39 is 62.5 Å². The molecule has 0 aromatic heterocycles. The van der Waals surface area contributed by atoms with Crippen LogP contribution in [0.25, 0.3) is 56.7 Å². The molecule has 2 nitrogen and oxygen atoms in total. The van der Waals surface area contributed by atoms with Crippen LogP contribution in [-0.4, -0.2) is 0 Å². The van der Waals surface area contributed by atoms with Crippen LogP contribution < -0.4 is 9.80 Å². The molecule has 0 fully saturated rings. The maximum absolute atomic E-state index is 17.6. The number of aryl methyl sites for hydroxylation is 4. The highest BCUT2D eigenvalue weighted by Gasteiger charge is 2.54. The maximum Gasteiger partial charge on any atom is 0.185 e. The molecular weight excluding hydrogens is 1280 g/mol. The van der Waals surface area contributed by atoms with Gasteiger partial charge in [0.05, 0.1) is 16.2 Å². The number of nitrogens with zero attached hydrogens (tertiary/aromatic N) is 2. The second-order valence-electron chi connectivity index (χ2n) is 27.7. The number of anilines is 6. The Labute approximate surface area is 594 Å². The van der Waals surface area contributed by atoms with E-state index in [4.69, 9.17) is 0 Å². The zero-order valence-electron chi connectivity index (χ0n) is 56.8. The van der Waals surface area contributed by atoms with Crippen molar-refractivity contribution in [1.82, 2.24) is 0 Å². The number of benzene rings is 14. The highest BCUT2D eigenvalue weighted by Crippen LogP contribution is 2.66. The van der Waals surface area contributed by atoms with E-state index in [2.05, 4.69) is 174 Å². The summed E-state index contributed by atoms with van der Waals surface area (Å²) in [6.45, 7) is 16.5. The fourth-order valence-corrected chi connectivity index (χ4v) is 18.0. The Hall–Kier alpha value is -12.3. The Balaban J connectivity index is 0.886. The van der Waals surface area contributed by atoms with Gasteiger partial charge in [0.15, 0.2) is 23.3 Å². The molecule has 0 saturated heterocycles. The molecule has 103 heavy (non-hydrogen) atoms. The van der Waals surface area contributed by atoms with Crippen LogP contribution in [0.4, 0.5) is 60.5 Å². The maximum atomic E-state index is 17.6. The summed E-state index contributed by atoms with van der Waals surface area (Å²) < 4.78 is 103. The predicted molar refractivity (Wildman–Crippen MR) is 406 cm³/mol. The Morgan fingerprint density at radius 3 is 0.864 bits per heavy atom. The summed E-state index contributed by atoms with van der Waals surface area (Å²) >= 11 is 0. The highest BCUT2D eigenvalue weighted by molar-refractivity contribution is 5.99. The summed E-state index contributed by atoms with van der Waals surface area (Å²) in [5.41, 5.74) is 21.1. The summed E-state index contributed by atoms with van der Waals surface area (Å²) in [5, 5.41) is 0. The summed E-state index contributed by atoms with van der Waals surface area (Å²) in [7, 11) is 0. The van der Waals surface area contributed by atoms with Gasteiger partial charge in [0.2, 0.25) is 0 Å². The van der Waals surface area contributed by atoms with Gasteiger partial charge in [-0.25, -0.2) is 26.3 Å². The molecule has 0 heterocycles. The second-order valence-corrected chi connectivity index (χ2v) is 27.7. The first kappa shape index (κ1) is 63.0. The van der Waals surface area contributed by atoms with Crippen LogP contribution >= 0.6 is 0 Å². The molecule has 1 spiro atoms. The van der Waals surface area contributed by atoms with Crippen LogP contribution in [0.3, 0.4) is 0 Å². The molecule has 4 aliphatic rings. The molecule has 4 aliphatic carbocycles. The van der Waals surface area contributed by atoms with Crippen molar-refractivity contribution in [2.75, 3.05) is 9.80 Å². The number of halogens is 6. The Morgan fingerprint density at radius 1 is 0.262 bits per heavy atom. The normalized spacial score (nSPS) is 16.6. The largest absolute Gasteiger partial charge is 0.305 e. The van der Waals surface area contributed by atoms with Crippen LogP contribution in [0, 0.1) is 62.6 Å². The first-order chi connectivity index (χ1) is 50.1. The summed E-state index contributed by atoms with van der Waals surface area (Å²) in [5.74, 6) is -7.22. The topological polar surface area (TPSA) is 6.48 Å². The van der Waals surface area contributed by atoms with Gasteiger partial charge >= 0.3 is 0 Å². The Kier molecular flexibility index (Phi) is 14.3. The minimum absolute atomic E-state index is 0.315. The van der Waals surface area contributed by atoms with Crippen LogP contribution in [0.15, 0.2) is 292 Å². The van der Waals surface area contributed by atoms with Crippen LogP contribution in [0.2, 0.25) is 0 Å². The third kappa shape index (κ3) is 8.83. The highest BCUT2D eigenvalue weighted by atomic mass is 19.2. The molecule has 18 rings (SSSR count). The molecule has 496 valence electrons. The molecule has 0 radical (unpaired) electrons. The van der Waals surface area contributed by atoms with E-state index in [9.17, 15) is 0 Å². The van der Waals surface area contributed by atoms with Crippen LogP contribution in [-0.2, 0) is 16.2 Å². The van der Waals surface area contributed by atoms with E-state index in [1.807, 2.05) is 133 Å². The zero-order valence-corrected chi connectivity index (χ0v) is 56.8. The molecule has 14 aromatic carbocycles. The van der Waals surface area contributed by atoms with Crippen molar-refractivity contribution >= 4 is 46.3 Å². The van der Waals surface area contributed by atoms with Gasteiger partial charge in [-0.3, -0.25) is 0 Å². The van der Waals surface area contributed by atoms with Gasteiger partial charge in [0.25, 0.3) is 0 Å². The lowest BCUT2D eigenvalue weighted by Gasteiger charge is -2.36. The van der Waals surface area contributed by atoms with Gasteiger partial charge in [0, 0.05) is 22.7 Å². The van der Waals surface area contributed by atoms with Gasteiger partial charge in [-0.05, 0) is 234 Å². The number of hydrogen-bond donors (Lipinski definition) is 0. The van der Waals surface area contributed by atoms with Gasteiger partial charge < -0.3 is 9.80 Å². The molecule has 0 bridgehead atoms. The summed E-state index contributed by atoms with van der Waals surface area (Å²) in [4.78, 5) is 2.99. The number of hydrogen-bond acceptors (Lipinski definition) is 2. The molecule has 0 amide bonds. The molecule has 0 saturated carbocycles. The minimum atomic E-state index is -1.38. The summed E-state index contributed by atoms with van der Waals surface area (Å²) in [6, 6.07) is 89.2. The van der Waals surface area contributed by atoms with E-state index in [0.29, 0.717) is 22.7 Å². The van der Waals surface area contributed by atoms with E-state index in [0.717, 1.165) is 169 Å². The van der Waals surface area contributed by atoms with Crippen LogP contribution in [0.1, 0.15) is 100 Å². The second kappa shape index (κ2) is 23.4. The van der Waals surface area contributed by atoms with Crippen molar-refractivity contribution in [3.63, 3.8) is 0 Å². The molecule has 2 atom stereocenters. The molecule has 14 aromatic rings. The quantitative estimate of drug-likeness (QED) is 0.0888. The zero-order chi connectivity index (χ0) is 70.5. The smallest absolute Gasteiger partial charge is 0.185 e. The SMILES string of the molecule is C=Cc1ccc(C2(c3cc(C)ccc3C)c3ccccc3-c3ccc(N(c4ccc5c(c4)C4(c6ccccc6-5)c5ccccc5-c5ccc(N(c6ccc7c(c6)C(c6ccc(C=C)cc6)(c6cc(C)ccc6C)c6ccccc6-7)c6c(F)ccc(F)c6F)cc54)c4c(F)ccc(F)c4F)cc32)cc1. The third-order valence-electron chi connectivity index (χ3n) is 22.4. The molecule has 2 unspecified atom stereocenters. The van der Waals surface area contributed by atoms with Gasteiger partial charge in [-0.15, -0.1) is 0 Å². The molecule has 0 aliphatic heterocycles. The van der Waals surface area contributed by atoms with Crippen molar-refractivity contribution in [2.24, 2.45) is 0 Å². The average Bonchev–Trinajstić information content (AvgIpc) is 1.56. The fourth-order valence-electron chi connectivity index (χ4n) is 18.0. The predicted octanol–water partition coefficient (Wildman–Crippen LogP) is 25.1. The summed E-state index contributed by atoms with van der Waals surface area (Å²) in [6.07, 6.45) is 3.62. The average molecular weight is 1350 g/mol. The van der Waals surface area contributed by atoms with E-state index in [1.165, 1.54) is 9.80 Å².